The zero-order chi connectivity index (χ0) is 9.14. The Morgan fingerprint density at radius 1 is 1.33 bits per heavy atom. The molecule has 0 radical (unpaired) electrons. The first-order valence-corrected chi connectivity index (χ1v) is 3.23. The number of carboxylic acids is 2. The van der Waals surface area contributed by atoms with Gasteiger partial charge in [0.15, 0.2) is 0 Å². The molecule has 12 heavy (non-hydrogen) atoms. The second-order valence-corrected chi connectivity index (χ2v) is 2.21. The summed E-state index contributed by atoms with van der Waals surface area (Å²) < 4.78 is 0. The van der Waals surface area contributed by atoms with Crippen molar-refractivity contribution < 1.29 is 19.8 Å². The fourth-order valence-corrected chi connectivity index (χ4v) is 0.823. The van der Waals surface area contributed by atoms with Gasteiger partial charge in [-0.15, -0.1) is 0 Å². The number of hydrogen-bond acceptors (Lipinski definition) is 3. The summed E-state index contributed by atoms with van der Waals surface area (Å²) in [5.41, 5.74) is -0.0824. The third-order valence-electron chi connectivity index (χ3n) is 1.39. The fourth-order valence-electron chi connectivity index (χ4n) is 0.823. The van der Waals surface area contributed by atoms with Crippen LogP contribution >= 0.6 is 0 Å². The minimum atomic E-state index is -1.15. The molecule has 0 aliphatic carbocycles. The highest BCUT2D eigenvalue weighted by Gasteiger charge is 2.14. The van der Waals surface area contributed by atoms with Crippen molar-refractivity contribution in [2.75, 3.05) is 6.54 Å². The molecular formula is C7H7NO4. The SMILES string of the molecule is O=C(O)C1=CCNC(C(=O)O)=C1. The third kappa shape index (κ3) is 1.63. The van der Waals surface area contributed by atoms with Crippen LogP contribution in [-0.4, -0.2) is 28.7 Å². The molecule has 3 N–H and O–H groups in total. The summed E-state index contributed by atoms with van der Waals surface area (Å²) in [5.74, 6) is -2.27. The van der Waals surface area contributed by atoms with Crippen molar-refractivity contribution in [3.8, 4) is 0 Å². The average Bonchev–Trinajstić information content (AvgIpc) is 2.04. The number of hydrogen-bond donors (Lipinski definition) is 3. The van der Waals surface area contributed by atoms with E-state index in [9.17, 15) is 9.59 Å². The molecule has 0 saturated heterocycles. The van der Waals surface area contributed by atoms with Gasteiger partial charge in [-0.05, 0) is 6.08 Å². The van der Waals surface area contributed by atoms with Crippen molar-refractivity contribution in [3.05, 3.63) is 23.4 Å². The van der Waals surface area contributed by atoms with Crippen LogP contribution < -0.4 is 5.32 Å². The Morgan fingerprint density at radius 3 is 2.50 bits per heavy atom. The first-order chi connectivity index (χ1) is 5.61. The van der Waals surface area contributed by atoms with Crippen molar-refractivity contribution in [2.24, 2.45) is 0 Å². The van der Waals surface area contributed by atoms with Crippen molar-refractivity contribution in [1.82, 2.24) is 5.32 Å². The highest BCUT2D eigenvalue weighted by molar-refractivity contribution is 5.95. The Bertz CT molecular complexity index is 290. The van der Waals surface area contributed by atoms with Crippen LogP contribution in [0.2, 0.25) is 0 Å². The molecule has 5 heteroatoms. The van der Waals surface area contributed by atoms with Crippen LogP contribution in [0.1, 0.15) is 0 Å². The molecule has 5 nitrogen and oxygen atoms in total. The van der Waals surface area contributed by atoms with Crippen molar-refractivity contribution in [1.29, 1.82) is 0 Å². The first kappa shape index (κ1) is 8.32. The minimum Gasteiger partial charge on any atom is -0.478 e. The Balaban J connectivity index is 2.88. The summed E-state index contributed by atoms with van der Waals surface area (Å²) in [4.78, 5) is 20.8. The molecule has 0 atom stereocenters. The minimum absolute atomic E-state index is 0.00569. The molecule has 1 aliphatic heterocycles. The smallest absolute Gasteiger partial charge is 0.351 e. The molecule has 1 aliphatic rings. The molecule has 1 rings (SSSR count). The van der Waals surface area contributed by atoms with E-state index in [1.54, 1.807) is 0 Å². The lowest BCUT2D eigenvalue weighted by atomic mass is 10.1. The predicted molar refractivity (Wildman–Crippen MR) is 39.4 cm³/mol. The molecule has 0 spiro atoms. The molecule has 0 aromatic carbocycles. The van der Waals surface area contributed by atoms with Gasteiger partial charge in [0.25, 0.3) is 0 Å². The summed E-state index contributed by atoms with van der Waals surface area (Å²) in [5, 5.41) is 19.5. The van der Waals surface area contributed by atoms with Crippen LogP contribution in [0.25, 0.3) is 0 Å². The van der Waals surface area contributed by atoms with Crippen LogP contribution in [0, 0.1) is 0 Å². The molecule has 0 aromatic rings. The lowest BCUT2D eigenvalue weighted by Crippen LogP contribution is -2.24. The predicted octanol–water partition coefficient (Wildman–Crippen LogP) is -0.431. The van der Waals surface area contributed by atoms with Crippen LogP contribution in [0.3, 0.4) is 0 Å². The number of carbonyl (C=O) groups is 2. The zero-order valence-corrected chi connectivity index (χ0v) is 6.07. The summed E-state index contributed by atoms with van der Waals surface area (Å²) in [7, 11) is 0. The summed E-state index contributed by atoms with van der Waals surface area (Å²) >= 11 is 0. The Labute approximate surface area is 68.0 Å². The Morgan fingerprint density at radius 2 is 2.00 bits per heavy atom. The fraction of sp³-hybridized carbons (Fsp3) is 0.143. The maximum absolute atomic E-state index is 10.4. The zero-order valence-electron chi connectivity index (χ0n) is 6.07. The number of rotatable bonds is 2. The quantitative estimate of drug-likeness (QED) is 0.522. The maximum Gasteiger partial charge on any atom is 0.351 e. The van der Waals surface area contributed by atoms with Gasteiger partial charge in [0.05, 0.1) is 5.57 Å². The lowest BCUT2D eigenvalue weighted by molar-refractivity contribution is -0.133. The number of aliphatic carboxylic acids is 2. The number of carboxylic acid groups (broad SMARTS) is 2. The van der Waals surface area contributed by atoms with Gasteiger partial charge in [-0.2, -0.15) is 0 Å². The molecule has 0 bridgehead atoms. The largest absolute Gasteiger partial charge is 0.478 e. The van der Waals surface area contributed by atoms with Gasteiger partial charge >= 0.3 is 11.9 Å². The molecule has 0 amide bonds. The summed E-state index contributed by atoms with van der Waals surface area (Å²) in [6.07, 6.45) is 2.50. The van der Waals surface area contributed by atoms with Crippen molar-refractivity contribution in [2.45, 2.75) is 0 Å². The topological polar surface area (TPSA) is 86.6 Å². The van der Waals surface area contributed by atoms with E-state index in [1.165, 1.54) is 6.08 Å². The van der Waals surface area contributed by atoms with E-state index in [4.69, 9.17) is 10.2 Å². The van der Waals surface area contributed by atoms with Gasteiger partial charge in [0.2, 0.25) is 0 Å². The van der Waals surface area contributed by atoms with Crippen LogP contribution in [-0.2, 0) is 9.59 Å². The lowest BCUT2D eigenvalue weighted by Gasteiger charge is -2.09. The molecule has 0 saturated carbocycles. The maximum atomic E-state index is 10.4. The standard InChI is InChI=1S/C7H7NO4/c9-6(10)4-1-2-8-5(3-4)7(11)12/h1,3,8H,2H2,(H,9,10)(H,11,12). The summed E-state index contributed by atoms with van der Waals surface area (Å²) in [6.45, 7) is 0.236. The van der Waals surface area contributed by atoms with Gasteiger partial charge in [0, 0.05) is 6.54 Å². The summed E-state index contributed by atoms with van der Waals surface area (Å²) in [6, 6.07) is 0. The van der Waals surface area contributed by atoms with E-state index in [0.29, 0.717) is 0 Å². The van der Waals surface area contributed by atoms with Crippen LogP contribution in [0.5, 0.6) is 0 Å². The van der Waals surface area contributed by atoms with Crippen LogP contribution in [0.15, 0.2) is 23.4 Å². The van der Waals surface area contributed by atoms with Gasteiger partial charge in [-0.3, -0.25) is 0 Å². The molecule has 64 valence electrons. The van der Waals surface area contributed by atoms with Crippen molar-refractivity contribution in [3.63, 3.8) is 0 Å². The van der Waals surface area contributed by atoms with Gasteiger partial charge < -0.3 is 15.5 Å². The molecule has 0 fully saturated rings. The van der Waals surface area contributed by atoms with E-state index >= 15 is 0 Å². The normalized spacial score (nSPS) is 15.7. The van der Waals surface area contributed by atoms with E-state index in [-0.39, 0.29) is 17.8 Å². The molecule has 0 unspecified atom stereocenters. The van der Waals surface area contributed by atoms with Gasteiger partial charge in [-0.25, -0.2) is 9.59 Å². The van der Waals surface area contributed by atoms with Gasteiger partial charge in [0.1, 0.15) is 5.70 Å². The third-order valence-corrected chi connectivity index (χ3v) is 1.39. The van der Waals surface area contributed by atoms with Crippen molar-refractivity contribution >= 4 is 11.9 Å². The van der Waals surface area contributed by atoms with Gasteiger partial charge in [-0.1, -0.05) is 6.08 Å². The van der Waals surface area contributed by atoms with E-state index in [0.717, 1.165) is 6.08 Å². The van der Waals surface area contributed by atoms with E-state index < -0.39 is 11.9 Å². The molecule has 1 heterocycles. The monoisotopic (exact) mass is 169 g/mol. The number of dihydropyridines is 1. The Hall–Kier alpha value is -1.78. The Kier molecular flexibility index (Phi) is 2.14. The average molecular weight is 169 g/mol. The molecular weight excluding hydrogens is 162 g/mol. The van der Waals surface area contributed by atoms with E-state index in [2.05, 4.69) is 5.32 Å². The first-order valence-electron chi connectivity index (χ1n) is 3.23. The second kappa shape index (κ2) is 3.08. The number of nitrogens with one attached hydrogen (secondary N) is 1. The van der Waals surface area contributed by atoms with E-state index in [1.807, 2.05) is 0 Å². The highest BCUT2D eigenvalue weighted by atomic mass is 16.4. The second-order valence-electron chi connectivity index (χ2n) is 2.21. The molecule has 0 aromatic heterocycles. The highest BCUT2D eigenvalue weighted by Crippen LogP contribution is 2.05. The van der Waals surface area contributed by atoms with Crippen LogP contribution in [0.4, 0.5) is 0 Å².